The zero-order valence-corrected chi connectivity index (χ0v) is 86.2. The number of aryl methyl sites for hydroxylation is 8. The second-order valence-electron chi connectivity index (χ2n) is 32.7. The van der Waals surface area contributed by atoms with Crippen molar-refractivity contribution in [2.75, 3.05) is 78.2 Å². The van der Waals surface area contributed by atoms with E-state index in [1.807, 2.05) is 243 Å². The van der Waals surface area contributed by atoms with Gasteiger partial charge in [-0.05, 0) is 245 Å². The van der Waals surface area contributed by atoms with Gasteiger partial charge in [0.2, 0.25) is 0 Å². The van der Waals surface area contributed by atoms with E-state index in [9.17, 15) is 53.8 Å². The second kappa shape index (κ2) is 59.5. The molecule has 14 aromatic rings. The Kier molecular flexibility index (Phi) is 46.1. The van der Waals surface area contributed by atoms with Crippen molar-refractivity contribution in [3.63, 3.8) is 0 Å². The van der Waals surface area contributed by atoms with Crippen molar-refractivity contribution in [3.8, 4) is 63.2 Å². The van der Waals surface area contributed by atoms with Gasteiger partial charge in [-0.2, -0.15) is 0 Å². The van der Waals surface area contributed by atoms with Crippen molar-refractivity contribution in [1.82, 2.24) is 0 Å². The lowest BCUT2D eigenvalue weighted by molar-refractivity contribution is -0.385. The summed E-state index contributed by atoms with van der Waals surface area (Å²) >= 11 is 0. The summed E-state index contributed by atoms with van der Waals surface area (Å²) in [6.07, 6.45) is 22.4. The molecular formula is C124H120N2O22. The molecule has 0 aliphatic heterocycles. The summed E-state index contributed by atoms with van der Waals surface area (Å²) in [4.78, 5) is 107. The number of nitro benzene ring substituents is 2. The minimum absolute atomic E-state index is 0.0274. The highest BCUT2D eigenvalue weighted by molar-refractivity contribution is 6.14. The minimum Gasteiger partial charge on any atom is -0.497 e. The topological polar surface area (TPSA) is 307 Å². The number of hydrogen-bond acceptors (Lipinski definition) is 22. The summed E-state index contributed by atoms with van der Waals surface area (Å²) < 4.78 is 57.6. The first kappa shape index (κ1) is 115. The fourth-order valence-corrected chi connectivity index (χ4v) is 14.5. The Hall–Kier alpha value is -18.5. The largest absolute Gasteiger partial charge is 0.497 e. The predicted octanol–water partition coefficient (Wildman–Crippen LogP) is 27.5. The molecule has 0 aliphatic rings. The quantitative estimate of drug-likeness (QED) is 0.0157. The number of nitro groups is 2. The maximum Gasteiger partial charge on any atom is 0.276 e. The molecular weight excluding hydrogens is 1870 g/mol. The number of rotatable bonds is 34. The molecule has 0 unspecified atom stereocenters. The third-order valence-electron chi connectivity index (χ3n) is 22.4. The van der Waals surface area contributed by atoms with Gasteiger partial charge in [0, 0.05) is 23.3 Å². The molecule has 0 N–H and O–H groups in total. The number of nitrogens with zero attached hydrogens (tertiary/aromatic N) is 2. The fraction of sp³-hybridized carbons (Fsp3) is 0.153. The van der Waals surface area contributed by atoms with Crippen LogP contribution in [0.4, 0.5) is 11.4 Å². The average molecular weight is 1990 g/mol. The number of methoxy groups -OCH3 is 11. The number of para-hydroxylation sites is 2. The number of benzene rings is 14. The monoisotopic (exact) mass is 1990 g/mol. The maximum absolute atomic E-state index is 12.5. The Labute approximate surface area is 864 Å². The molecule has 0 saturated heterocycles. The van der Waals surface area contributed by atoms with Crippen molar-refractivity contribution in [3.05, 3.63) is 482 Å². The maximum atomic E-state index is 12.5. The minimum atomic E-state index is -0.492. The van der Waals surface area contributed by atoms with Crippen molar-refractivity contribution < 1.29 is 95.5 Å². The lowest BCUT2D eigenvalue weighted by Crippen LogP contribution is -2.02. The van der Waals surface area contributed by atoms with Gasteiger partial charge in [-0.1, -0.05) is 253 Å². The molecule has 0 radical (unpaired) electrons. The molecule has 0 spiro atoms. The van der Waals surface area contributed by atoms with E-state index in [1.165, 1.54) is 83.1 Å². The van der Waals surface area contributed by atoms with E-state index in [4.69, 9.17) is 52.1 Å². The van der Waals surface area contributed by atoms with Gasteiger partial charge in [0.05, 0.1) is 116 Å². The van der Waals surface area contributed by atoms with Crippen molar-refractivity contribution in [2.24, 2.45) is 0 Å². The molecule has 0 aromatic heterocycles. The van der Waals surface area contributed by atoms with Gasteiger partial charge in [-0.15, -0.1) is 0 Å². The Morgan fingerprint density at radius 2 is 0.534 bits per heavy atom. The molecule has 24 heteroatoms. The highest BCUT2D eigenvalue weighted by atomic mass is 16.6. The number of carbonyl (C=O) groups is 7. The summed E-state index contributed by atoms with van der Waals surface area (Å²) in [6.45, 7) is 15.8. The van der Waals surface area contributed by atoms with E-state index in [1.54, 1.807) is 200 Å². The van der Waals surface area contributed by atoms with Gasteiger partial charge in [0.1, 0.15) is 51.4 Å². The molecule has 0 bridgehead atoms. The Bertz CT molecular complexity index is 7170. The molecule has 0 amide bonds. The Morgan fingerprint density at radius 1 is 0.223 bits per heavy atom. The van der Waals surface area contributed by atoms with Crippen LogP contribution in [-0.2, 0) is 0 Å². The lowest BCUT2D eigenvalue weighted by atomic mass is 10.0. The van der Waals surface area contributed by atoms with Crippen molar-refractivity contribution in [1.29, 1.82) is 0 Å². The first-order valence-corrected chi connectivity index (χ1v) is 46.4. The van der Waals surface area contributed by atoms with Crippen LogP contribution in [0.2, 0.25) is 0 Å². The molecule has 0 fully saturated rings. The zero-order valence-electron chi connectivity index (χ0n) is 86.2. The van der Waals surface area contributed by atoms with Crippen molar-refractivity contribution in [2.45, 2.75) is 55.4 Å². The van der Waals surface area contributed by atoms with Crippen LogP contribution >= 0.6 is 0 Å². The Balaban J connectivity index is 0.000000211. The van der Waals surface area contributed by atoms with Crippen LogP contribution in [0, 0.1) is 75.6 Å². The summed E-state index contributed by atoms with van der Waals surface area (Å²) in [7, 11) is 16.9. The first-order chi connectivity index (χ1) is 71.3. The molecule has 0 heterocycles. The first-order valence-electron chi connectivity index (χ1n) is 46.4. The second-order valence-corrected chi connectivity index (χ2v) is 32.7. The molecule has 0 aliphatic carbocycles. The standard InChI is InChI=1S/2C19H20O3.C18H18O3.C17H15NO5.C17H15NO4.2C17H16O2/c1-13-6-5-7-15(12-13)9-11-17(20)16-10-8-14(2)18(21-3)19(16)22-4;1-13-7-5-6-8-15(13)10-12-17(20)16-11-9-14(2)18(21-3)19(16)22-4;1-13-7-4-5-8-14(13)11-12-15(19)18-16(20-2)9-6-10-17(18)21-3;1-22-15-8-5-9-16(23-2)17(15)14(19)11-10-12-6-3-4-7-13(12)18(20)21;1-12-7-10-17(22-2)14(11-12)16(19)9-8-13-5-3-4-6-15(13)18(20)21;1-13-5-3-6-14(11-13)9-10-17(18)15-7-4-8-16(12-15)19-2;1-13-6-8-14(9-7-13)10-11-17(18)15-4-3-5-16(12-15)19-2/h2*5-12H,1-4H3;4-12H,1-3H3;3-11H,1-2H3;3-11H,1-2H3;2*3-12H,1-2H3/b11-9+;12-10+;12-11+;11-10+;9-8+;10-9+;11-10+. The van der Waals surface area contributed by atoms with Gasteiger partial charge in [-0.25, -0.2) is 0 Å². The van der Waals surface area contributed by atoms with Gasteiger partial charge >= 0.3 is 0 Å². The molecule has 14 aromatic carbocycles. The number of ether oxygens (including phenoxy) is 11. The third-order valence-corrected chi connectivity index (χ3v) is 22.4. The molecule has 0 saturated carbocycles. The normalized spacial score (nSPS) is 10.6. The fourth-order valence-electron chi connectivity index (χ4n) is 14.5. The van der Waals surface area contributed by atoms with Gasteiger partial charge in [0.15, 0.2) is 63.5 Å². The Morgan fingerprint density at radius 3 is 0.892 bits per heavy atom. The van der Waals surface area contributed by atoms with Crippen molar-refractivity contribution >= 4 is 94.4 Å². The average Bonchev–Trinajstić information content (AvgIpc) is 1.25. The number of allylic oxidation sites excluding steroid dienone is 7. The molecule has 758 valence electrons. The summed E-state index contributed by atoms with van der Waals surface area (Å²) in [5.74, 6) is 4.70. The van der Waals surface area contributed by atoms with E-state index in [0.29, 0.717) is 108 Å². The SMILES string of the molecule is COc1c(C)ccc(C(=O)/C=C/c2cccc(C)c2)c1OC.COc1c(C)ccc(C(=O)/C=C/c2ccccc2C)c1OC.COc1ccc(C)cc1C(=O)/C=C/c1ccccc1[N+](=O)[O-].COc1cccc(C(=O)/C=C/c2ccc(C)cc2)c1.COc1cccc(C(=O)/C=C/c2cccc(C)c2)c1.COc1cccc(OC)c1C(=O)/C=C/c1ccccc1C.COc1cccc(OC)c1C(=O)/C=C/c1ccccc1[N+](=O)[O-]. The number of hydrogen-bond donors (Lipinski definition) is 0. The van der Waals surface area contributed by atoms with E-state index in [2.05, 4.69) is 0 Å². The van der Waals surface area contributed by atoms with E-state index < -0.39 is 9.85 Å². The van der Waals surface area contributed by atoms with E-state index >= 15 is 0 Å². The third kappa shape index (κ3) is 34.4. The van der Waals surface area contributed by atoms with E-state index in [0.717, 1.165) is 61.2 Å². The van der Waals surface area contributed by atoms with Crippen LogP contribution in [0.15, 0.2) is 340 Å². The van der Waals surface area contributed by atoms with Crippen LogP contribution in [-0.4, -0.2) is 129 Å². The number of carbonyl (C=O) groups excluding carboxylic acids is 7. The van der Waals surface area contributed by atoms with Crippen LogP contribution in [0.25, 0.3) is 42.5 Å². The molecule has 14 rings (SSSR count). The molecule has 148 heavy (non-hydrogen) atoms. The zero-order chi connectivity index (χ0) is 108. The summed E-state index contributed by atoms with van der Waals surface area (Å²) in [5, 5.41) is 21.9. The van der Waals surface area contributed by atoms with Crippen LogP contribution in [0.3, 0.4) is 0 Å². The van der Waals surface area contributed by atoms with Crippen LogP contribution < -0.4 is 52.1 Å². The molecule has 0 atom stereocenters. The van der Waals surface area contributed by atoms with Gasteiger partial charge in [0.25, 0.3) is 11.4 Å². The van der Waals surface area contributed by atoms with Crippen LogP contribution in [0.5, 0.6) is 63.2 Å². The predicted molar refractivity (Wildman–Crippen MR) is 587 cm³/mol. The van der Waals surface area contributed by atoms with Crippen LogP contribution in [0.1, 0.15) is 156 Å². The van der Waals surface area contributed by atoms with Gasteiger partial charge < -0.3 is 52.1 Å². The molecule has 24 nitrogen and oxygen atoms in total. The summed E-state index contributed by atoms with van der Waals surface area (Å²) in [5.41, 5.74) is 17.6. The highest BCUT2D eigenvalue weighted by Crippen LogP contribution is 2.38. The smallest absolute Gasteiger partial charge is 0.276 e. The van der Waals surface area contributed by atoms with Gasteiger partial charge in [-0.3, -0.25) is 53.8 Å². The highest BCUT2D eigenvalue weighted by Gasteiger charge is 2.23. The lowest BCUT2D eigenvalue weighted by Gasteiger charge is -2.13. The number of ketones is 7. The van der Waals surface area contributed by atoms with E-state index in [-0.39, 0.29) is 57.4 Å². The summed E-state index contributed by atoms with van der Waals surface area (Å²) in [6, 6.07) is 89.4.